The van der Waals surface area contributed by atoms with E-state index in [0.717, 1.165) is 24.2 Å². The van der Waals surface area contributed by atoms with Gasteiger partial charge in [0.2, 0.25) is 0 Å². The van der Waals surface area contributed by atoms with Crippen LogP contribution in [0.1, 0.15) is 34.1 Å². The van der Waals surface area contributed by atoms with E-state index < -0.39 is 0 Å². The van der Waals surface area contributed by atoms with Crippen LogP contribution >= 0.6 is 0 Å². The highest BCUT2D eigenvalue weighted by Gasteiger charge is 2.14. The van der Waals surface area contributed by atoms with Gasteiger partial charge in [-0.1, -0.05) is 33.8 Å². The summed E-state index contributed by atoms with van der Waals surface area (Å²) in [4.78, 5) is 2.44. The van der Waals surface area contributed by atoms with E-state index in [-0.39, 0.29) is 0 Å². The van der Waals surface area contributed by atoms with Gasteiger partial charge in [-0.15, -0.1) is 6.58 Å². The predicted molar refractivity (Wildman–Crippen MR) is 65.5 cm³/mol. The monoisotopic (exact) mass is 197 g/mol. The Kier molecular flexibility index (Phi) is 6.90. The lowest BCUT2D eigenvalue weighted by Crippen LogP contribution is -2.31. The second-order valence-corrected chi connectivity index (χ2v) is 5.14. The van der Waals surface area contributed by atoms with Crippen molar-refractivity contribution in [3.05, 3.63) is 12.7 Å². The fourth-order valence-corrected chi connectivity index (χ4v) is 1.87. The zero-order valence-corrected chi connectivity index (χ0v) is 10.6. The highest BCUT2D eigenvalue weighted by Crippen LogP contribution is 2.17. The third kappa shape index (κ3) is 6.20. The van der Waals surface area contributed by atoms with Crippen molar-refractivity contribution in [2.75, 3.05) is 20.1 Å². The molecule has 84 valence electrons. The highest BCUT2D eigenvalue weighted by atomic mass is 15.1. The van der Waals surface area contributed by atoms with Crippen molar-refractivity contribution in [1.82, 2.24) is 4.90 Å². The Bertz CT molecular complexity index is 149. The molecule has 0 spiro atoms. The van der Waals surface area contributed by atoms with Gasteiger partial charge in [0.15, 0.2) is 0 Å². The molecule has 1 unspecified atom stereocenters. The van der Waals surface area contributed by atoms with Crippen LogP contribution < -0.4 is 0 Å². The molecule has 0 heterocycles. The zero-order valence-electron chi connectivity index (χ0n) is 10.6. The van der Waals surface area contributed by atoms with Crippen molar-refractivity contribution >= 4 is 0 Å². The first kappa shape index (κ1) is 13.7. The van der Waals surface area contributed by atoms with Crippen molar-refractivity contribution in [3.63, 3.8) is 0 Å². The summed E-state index contributed by atoms with van der Waals surface area (Å²) in [6, 6.07) is 0. The molecule has 0 aromatic rings. The molecule has 0 radical (unpaired) electrons. The number of hydrogen-bond donors (Lipinski definition) is 0. The van der Waals surface area contributed by atoms with Gasteiger partial charge in [-0.05, 0) is 31.2 Å². The fraction of sp³-hybridized carbons (Fsp3) is 0.846. The molecule has 0 saturated carbocycles. The SMILES string of the molecule is C=CCC(CN(C)CC(C)C)C(C)C. The summed E-state index contributed by atoms with van der Waals surface area (Å²) >= 11 is 0. The number of nitrogens with zero attached hydrogens (tertiary/aromatic N) is 1. The van der Waals surface area contributed by atoms with E-state index in [1.54, 1.807) is 0 Å². The van der Waals surface area contributed by atoms with E-state index in [1.807, 2.05) is 6.08 Å². The van der Waals surface area contributed by atoms with E-state index in [4.69, 9.17) is 0 Å². The molecule has 0 saturated heterocycles. The van der Waals surface area contributed by atoms with Gasteiger partial charge in [0.25, 0.3) is 0 Å². The second-order valence-electron chi connectivity index (χ2n) is 5.14. The maximum atomic E-state index is 3.83. The van der Waals surface area contributed by atoms with Crippen LogP contribution in [0, 0.1) is 17.8 Å². The summed E-state index contributed by atoms with van der Waals surface area (Å²) in [5, 5.41) is 0. The minimum Gasteiger partial charge on any atom is -0.306 e. The fourth-order valence-electron chi connectivity index (χ4n) is 1.87. The Morgan fingerprint density at radius 1 is 1.14 bits per heavy atom. The smallest absolute Gasteiger partial charge is 0.00121 e. The molecule has 0 amide bonds. The van der Waals surface area contributed by atoms with Crippen LogP contribution in [0.25, 0.3) is 0 Å². The van der Waals surface area contributed by atoms with Gasteiger partial charge in [-0.25, -0.2) is 0 Å². The predicted octanol–water partition coefficient (Wildman–Crippen LogP) is 3.42. The van der Waals surface area contributed by atoms with E-state index in [1.165, 1.54) is 13.1 Å². The van der Waals surface area contributed by atoms with Gasteiger partial charge in [-0.3, -0.25) is 0 Å². The molecule has 0 fully saturated rings. The van der Waals surface area contributed by atoms with Crippen LogP contribution in [-0.2, 0) is 0 Å². The topological polar surface area (TPSA) is 3.24 Å². The lowest BCUT2D eigenvalue weighted by atomic mass is 9.92. The summed E-state index contributed by atoms with van der Waals surface area (Å²) in [7, 11) is 2.22. The van der Waals surface area contributed by atoms with Crippen LogP contribution in [0.3, 0.4) is 0 Å². The van der Waals surface area contributed by atoms with E-state index >= 15 is 0 Å². The Morgan fingerprint density at radius 3 is 2.07 bits per heavy atom. The normalized spacial score (nSPS) is 14.0. The number of rotatable bonds is 7. The molecule has 14 heavy (non-hydrogen) atoms. The Hall–Kier alpha value is -0.300. The Balaban J connectivity index is 3.95. The minimum atomic E-state index is 0.752. The third-order valence-electron chi connectivity index (χ3n) is 2.64. The average Bonchev–Trinajstić information content (AvgIpc) is 2.01. The van der Waals surface area contributed by atoms with Gasteiger partial charge < -0.3 is 4.90 Å². The third-order valence-corrected chi connectivity index (χ3v) is 2.64. The lowest BCUT2D eigenvalue weighted by molar-refractivity contribution is 0.218. The minimum absolute atomic E-state index is 0.752. The first-order chi connectivity index (χ1) is 6.47. The molecule has 0 aliphatic carbocycles. The molecule has 1 heteroatoms. The summed E-state index contributed by atoms with van der Waals surface area (Å²) in [5.74, 6) is 2.27. The molecular weight excluding hydrogens is 170 g/mol. The van der Waals surface area contributed by atoms with Crippen LogP contribution in [0.15, 0.2) is 12.7 Å². The number of allylic oxidation sites excluding steroid dienone is 1. The molecule has 1 atom stereocenters. The zero-order chi connectivity index (χ0) is 11.1. The average molecular weight is 197 g/mol. The van der Waals surface area contributed by atoms with Crippen LogP contribution in [-0.4, -0.2) is 25.0 Å². The molecular formula is C13H27N. The molecule has 0 aromatic heterocycles. The number of hydrogen-bond acceptors (Lipinski definition) is 1. The first-order valence-corrected chi connectivity index (χ1v) is 5.76. The van der Waals surface area contributed by atoms with Gasteiger partial charge in [0.1, 0.15) is 0 Å². The van der Waals surface area contributed by atoms with E-state index in [0.29, 0.717) is 0 Å². The summed E-state index contributed by atoms with van der Waals surface area (Å²) in [5.41, 5.74) is 0. The van der Waals surface area contributed by atoms with Gasteiger partial charge in [0.05, 0.1) is 0 Å². The first-order valence-electron chi connectivity index (χ1n) is 5.76. The molecule has 0 aromatic carbocycles. The Labute approximate surface area is 90.2 Å². The summed E-state index contributed by atoms with van der Waals surface area (Å²) in [6.45, 7) is 15.4. The molecule has 0 bridgehead atoms. The molecule has 0 N–H and O–H groups in total. The van der Waals surface area contributed by atoms with E-state index in [9.17, 15) is 0 Å². The Morgan fingerprint density at radius 2 is 1.71 bits per heavy atom. The maximum absolute atomic E-state index is 3.83. The molecule has 0 rings (SSSR count). The van der Waals surface area contributed by atoms with Crippen molar-refractivity contribution in [2.24, 2.45) is 17.8 Å². The van der Waals surface area contributed by atoms with Crippen molar-refractivity contribution in [2.45, 2.75) is 34.1 Å². The lowest BCUT2D eigenvalue weighted by Gasteiger charge is -2.27. The van der Waals surface area contributed by atoms with E-state index in [2.05, 4.69) is 46.2 Å². The largest absolute Gasteiger partial charge is 0.306 e. The van der Waals surface area contributed by atoms with Gasteiger partial charge in [-0.2, -0.15) is 0 Å². The molecule has 0 aliphatic heterocycles. The van der Waals surface area contributed by atoms with Crippen molar-refractivity contribution < 1.29 is 0 Å². The summed E-state index contributed by atoms with van der Waals surface area (Å²) < 4.78 is 0. The molecule has 1 nitrogen and oxygen atoms in total. The highest BCUT2D eigenvalue weighted by molar-refractivity contribution is 4.77. The standard InChI is InChI=1S/C13H27N/c1-7-8-13(12(4)5)10-14(6)9-11(2)3/h7,11-13H,1,8-10H2,2-6H3. The van der Waals surface area contributed by atoms with Crippen molar-refractivity contribution in [3.8, 4) is 0 Å². The van der Waals surface area contributed by atoms with Crippen LogP contribution in [0.4, 0.5) is 0 Å². The second kappa shape index (κ2) is 7.05. The van der Waals surface area contributed by atoms with Crippen molar-refractivity contribution in [1.29, 1.82) is 0 Å². The quantitative estimate of drug-likeness (QED) is 0.565. The maximum Gasteiger partial charge on any atom is 0.00121 e. The van der Waals surface area contributed by atoms with Crippen LogP contribution in [0.5, 0.6) is 0 Å². The van der Waals surface area contributed by atoms with Crippen LogP contribution in [0.2, 0.25) is 0 Å². The molecule has 0 aliphatic rings. The van der Waals surface area contributed by atoms with Gasteiger partial charge >= 0.3 is 0 Å². The van der Waals surface area contributed by atoms with Gasteiger partial charge in [0, 0.05) is 13.1 Å². The summed E-state index contributed by atoms with van der Waals surface area (Å²) in [6.07, 6.45) is 3.19.